The molecular formula is C16H17N3O. The van der Waals surface area contributed by atoms with E-state index in [2.05, 4.69) is 33.8 Å². The summed E-state index contributed by atoms with van der Waals surface area (Å²) in [5.74, 6) is 0.555. The minimum atomic E-state index is -0.232. The quantitative estimate of drug-likeness (QED) is 0.898. The van der Waals surface area contributed by atoms with Crippen molar-refractivity contribution in [3.8, 4) is 0 Å². The fourth-order valence-corrected chi connectivity index (χ4v) is 2.51. The van der Waals surface area contributed by atoms with Gasteiger partial charge in [0.15, 0.2) is 0 Å². The summed E-state index contributed by atoms with van der Waals surface area (Å²) < 4.78 is 0. The van der Waals surface area contributed by atoms with Gasteiger partial charge in [0.05, 0.1) is 0 Å². The number of aromatic nitrogens is 1. The Labute approximate surface area is 118 Å². The molecule has 1 aliphatic rings. The predicted octanol–water partition coefficient (Wildman–Crippen LogP) is 2.89. The number of carbonyl (C=O) groups excluding carboxylic acids is 1. The maximum Gasteiger partial charge on any atom is 0.320 e. The molecule has 4 nitrogen and oxygen atoms in total. The highest BCUT2D eigenvalue weighted by atomic mass is 16.2. The number of benzene rings is 1. The van der Waals surface area contributed by atoms with Crippen LogP contribution in [-0.2, 0) is 19.4 Å². The Hall–Kier alpha value is -2.36. The van der Waals surface area contributed by atoms with Crippen molar-refractivity contribution in [1.82, 2.24) is 10.3 Å². The van der Waals surface area contributed by atoms with Gasteiger partial charge in [-0.05, 0) is 48.1 Å². The molecular weight excluding hydrogens is 250 g/mol. The van der Waals surface area contributed by atoms with Crippen molar-refractivity contribution in [1.29, 1.82) is 0 Å². The summed E-state index contributed by atoms with van der Waals surface area (Å²) in [5.41, 5.74) is 4.02. The number of urea groups is 1. The Balaban J connectivity index is 1.55. The van der Waals surface area contributed by atoms with E-state index >= 15 is 0 Å². The Bertz CT molecular complexity index is 610. The monoisotopic (exact) mass is 267 g/mol. The van der Waals surface area contributed by atoms with Gasteiger partial charge in [0, 0.05) is 12.7 Å². The zero-order valence-electron chi connectivity index (χ0n) is 11.2. The van der Waals surface area contributed by atoms with Gasteiger partial charge in [-0.3, -0.25) is 5.32 Å². The van der Waals surface area contributed by atoms with Gasteiger partial charge in [0.2, 0.25) is 0 Å². The van der Waals surface area contributed by atoms with Gasteiger partial charge in [-0.2, -0.15) is 0 Å². The van der Waals surface area contributed by atoms with Crippen molar-refractivity contribution in [3.63, 3.8) is 0 Å². The van der Waals surface area contributed by atoms with Crippen LogP contribution in [0.2, 0.25) is 0 Å². The number of hydrogen-bond acceptors (Lipinski definition) is 2. The maximum absolute atomic E-state index is 11.8. The molecule has 4 heteroatoms. The van der Waals surface area contributed by atoms with Crippen molar-refractivity contribution in [2.24, 2.45) is 0 Å². The summed E-state index contributed by atoms with van der Waals surface area (Å²) in [6.07, 6.45) is 5.23. The number of anilines is 1. The first-order chi connectivity index (χ1) is 9.81. The lowest BCUT2D eigenvalue weighted by Gasteiger charge is -2.08. The van der Waals surface area contributed by atoms with E-state index in [1.165, 1.54) is 24.0 Å². The summed E-state index contributed by atoms with van der Waals surface area (Å²) in [7, 11) is 0. The van der Waals surface area contributed by atoms with Crippen LogP contribution >= 0.6 is 0 Å². The second kappa shape index (κ2) is 5.74. The van der Waals surface area contributed by atoms with E-state index in [9.17, 15) is 4.79 Å². The predicted molar refractivity (Wildman–Crippen MR) is 78.6 cm³/mol. The summed E-state index contributed by atoms with van der Waals surface area (Å²) in [6, 6.07) is 11.6. The zero-order valence-corrected chi connectivity index (χ0v) is 11.2. The topological polar surface area (TPSA) is 54.0 Å². The SMILES string of the molecule is O=C(NCc1ccc2c(c1)CCC2)Nc1ccccn1. The lowest BCUT2D eigenvalue weighted by Crippen LogP contribution is -2.28. The molecule has 2 aromatic rings. The average molecular weight is 267 g/mol. The summed E-state index contributed by atoms with van der Waals surface area (Å²) in [5, 5.41) is 5.55. The van der Waals surface area contributed by atoms with Crippen LogP contribution in [0, 0.1) is 0 Å². The fraction of sp³-hybridized carbons (Fsp3) is 0.250. The molecule has 0 saturated carbocycles. The molecule has 1 heterocycles. The van der Waals surface area contributed by atoms with E-state index in [-0.39, 0.29) is 6.03 Å². The number of carbonyl (C=O) groups is 1. The second-order valence-corrected chi connectivity index (χ2v) is 4.98. The Morgan fingerprint density at radius 1 is 1.15 bits per heavy atom. The Kier molecular flexibility index (Phi) is 3.63. The van der Waals surface area contributed by atoms with Crippen LogP contribution in [-0.4, -0.2) is 11.0 Å². The normalized spacial score (nSPS) is 12.8. The van der Waals surface area contributed by atoms with Crippen LogP contribution in [0.5, 0.6) is 0 Å². The summed E-state index contributed by atoms with van der Waals surface area (Å²) in [4.78, 5) is 15.8. The van der Waals surface area contributed by atoms with Crippen molar-refractivity contribution in [2.75, 3.05) is 5.32 Å². The molecule has 102 valence electrons. The van der Waals surface area contributed by atoms with Crippen molar-refractivity contribution in [3.05, 3.63) is 59.3 Å². The third-order valence-electron chi connectivity index (χ3n) is 3.52. The van der Waals surface area contributed by atoms with Gasteiger partial charge in [0.1, 0.15) is 5.82 Å². The molecule has 2 N–H and O–H groups in total. The van der Waals surface area contributed by atoms with Gasteiger partial charge < -0.3 is 5.32 Å². The molecule has 0 spiro atoms. The molecule has 2 amide bonds. The number of hydrogen-bond donors (Lipinski definition) is 2. The minimum absolute atomic E-state index is 0.232. The van der Waals surface area contributed by atoms with Crippen molar-refractivity contribution < 1.29 is 4.79 Å². The highest BCUT2D eigenvalue weighted by Crippen LogP contribution is 2.22. The molecule has 20 heavy (non-hydrogen) atoms. The van der Waals surface area contributed by atoms with E-state index in [1.54, 1.807) is 12.3 Å². The van der Waals surface area contributed by atoms with Crippen molar-refractivity contribution >= 4 is 11.8 Å². The van der Waals surface area contributed by atoms with Crippen LogP contribution < -0.4 is 10.6 Å². The van der Waals surface area contributed by atoms with E-state index in [0.717, 1.165) is 12.0 Å². The highest BCUT2D eigenvalue weighted by molar-refractivity contribution is 5.88. The molecule has 0 fully saturated rings. The molecule has 0 bridgehead atoms. The van der Waals surface area contributed by atoms with E-state index in [0.29, 0.717) is 12.4 Å². The first-order valence-electron chi connectivity index (χ1n) is 6.88. The van der Waals surface area contributed by atoms with Crippen LogP contribution in [0.3, 0.4) is 0 Å². The first-order valence-corrected chi connectivity index (χ1v) is 6.88. The largest absolute Gasteiger partial charge is 0.334 e. The van der Waals surface area contributed by atoms with E-state index < -0.39 is 0 Å². The number of nitrogens with one attached hydrogen (secondary N) is 2. The minimum Gasteiger partial charge on any atom is -0.334 e. The highest BCUT2D eigenvalue weighted by Gasteiger charge is 2.11. The number of amides is 2. The van der Waals surface area contributed by atoms with E-state index in [4.69, 9.17) is 0 Å². The number of rotatable bonds is 3. The lowest BCUT2D eigenvalue weighted by molar-refractivity contribution is 0.251. The second-order valence-electron chi connectivity index (χ2n) is 4.98. The molecule has 1 aromatic heterocycles. The number of fused-ring (bicyclic) bond motifs is 1. The summed E-state index contributed by atoms with van der Waals surface area (Å²) >= 11 is 0. The Morgan fingerprint density at radius 3 is 2.90 bits per heavy atom. The first kappa shape index (κ1) is 12.7. The molecule has 0 atom stereocenters. The standard InChI is InChI=1S/C16H17N3O/c20-16(19-15-6-1-2-9-17-15)18-11-12-7-8-13-4-3-5-14(13)10-12/h1-2,6-10H,3-5,11H2,(H2,17,18,19,20). The van der Waals surface area contributed by atoms with Crippen LogP contribution in [0.25, 0.3) is 0 Å². The molecule has 0 saturated heterocycles. The Morgan fingerprint density at radius 2 is 2.05 bits per heavy atom. The van der Waals surface area contributed by atoms with Gasteiger partial charge in [-0.25, -0.2) is 9.78 Å². The number of nitrogens with zero attached hydrogens (tertiary/aromatic N) is 1. The number of aryl methyl sites for hydroxylation is 2. The van der Waals surface area contributed by atoms with Gasteiger partial charge >= 0.3 is 6.03 Å². The molecule has 1 aromatic carbocycles. The fourth-order valence-electron chi connectivity index (χ4n) is 2.51. The molecule has 1 aliphatic carbocycles. The number of pyridine rings is 1. The molecule has 0 aliphatic heterocycles. The van der Waals surface area contributed by atoms with Crippen molar-refractivity contribution in [2.45, 2.75) is 25.8 Å². The van der Waals surface area contributed by atoms with E-state index in [1.807, 2.05) is 12.1 Å². The van der Waals surface area contributed by atoms with Gasteiger partial charge in [0.25, 0.3) is 0 Å². The molecule has 0 unspecified atom stereocenters. The van der Waals surface area contributed by atoms with Crippen LogP contribution in [0.4, 0.5) is 10.6 Å². The van der Waals surface area contributed by atoms with Gasteiger partial charge in [-0.15, -0.1) is 0 Å². The third-order valence-corrected chi connectivity index (χ3v) is 3.52. The van der Waals surface area contributed by atoms with Gasteiger partial charge in [-0.1, -0.05) is 24.3 Å². The lowest BCUT2D eigenvalue weighted by atomic mass is 10.1. The maximum atomic E-state index is 11.8. The molecule has 0 radical (unpaired) electrons. The molecule has 3 rings (SSSR count). The smallest absolute Gasteiger partial charge is 0.320 e. The van der Waals surface area contributed by atoms with Crippen LogP contribution in [0.15, 0.2) is 42.6 Å². The van der Waals surface area contributed by atoms with Crippen LogP contribution in [0.1, 0.15) is 23.1 Å². The average Bonchev–Trinajstić information content (AvgIpc) is 2.93. The zero-order chi connectivity index (χ0) is 13.8. The summed E-state index contributed by atoms with van der Waals surface area (Å²) in [6.45, 7) is 0.534. The third kappa shape index (κ3) is 2.96.